The number of carbonyl (C=O) groups is 1. The Morgan fingerprint density at radius 1 is 1.08 bits per heavy atom. The van der Waals surface area contributed by atoms with Crippen LogP contribution in [0.5, 0.6) is 0 Å². The van der Waals surface area contributed by atoms with Crippen LogP contribution in [-0.2, 0) is 22.5 Å². The molecule has 2 rings (SSSR count). The molecule has 9 nitrogen and oxygen atoms in total. The molecule has 24 heavy (non-hydrogen) atoms. The molecule has 11 heteroatoms. The predicted molar refractivity (Wildman–Crippen MR) is 93.0 cm³/mol. The number of esters is 1. The Kier molecular flexibility index (Phi) is 7.95. The number of H-pyrrole nitrogens is 4. The average Bonchev–Trinajstić information content (AvgIpc) is 2.53. The van der Waals surface area contributed by atoms with Crippen molar-refractivity contribution in [2.75, 3.05) is 14.2 Å². The summed E-state index contributed by atoms with van der Waals surface area (Å²) in [6, 6.07) is 0. The van der Waals surface area contributed by atoms with Crippen molar-refractivity contribution in [1.29, 1.82) is 0 Å². The molecular formula is C13H17N5O4S2. The van der Waals surface area contributed by atoms with E-state index in [0.29, 0.717) is 22.4 Å². The van der Waals surface area contributed by atoms with Crippen LogP contribution in [0.2, 0.25) is 0 Å². The Labute approximate surface area is 146 Å². The highest BCUT2D eigenvalue weighted by molar-refractivity contribution is 7.71. The number of rotatable bonds is 4. The molecule has 0 spiro atoms. The van der Waals surface area contributed by atoms with Crippen LogP contribution in [0, 0.1) is 9.54 Å². The maximum Gasteiger partial charge on any atom is 0.310 e. The quantitative estimate of drug-likeness (QED) is 0.385. The van der Waals surface area contributed by atoms with Gasteiger partial charge in [-0.1, -0.05) is 0 Å². The summed E-state index contributed by atoms with van der Waals surface area (Å²) >= 11 is 9.39. The van der Waals surface area contributed by atoms with Gasteiger partial charge in [0, 0.05) is 30.1 Å². The highest BCUT2D eigenvalue weighted by atomic mass is 32.1. The number of methoxy groups -OCH3 is 1. The van der Waals surface area contributed by atoms with Crippen LogP contribution in [0.4, 0.5) is 0 Å². The van der Waals surface area contributed by atoms with Crippen molar-refractivity contribution in [3.05, 3.63) is 53.8 Å². The van der Waals surface area contributed by atoms with E-state index in [1.807, 2.05) is 0 Å². The number of aromatic nitrogens is 4. The molecule has 5 N–H and O–H groups in total. The summed E-state index contributed by atoms with van der Waals surface area (Å²) in [7, 11) is 3.04. The molecule has 2 aromatic rings. The second-order valence-corrected chi connectivity index (χ2v) is 5.29. The van der Waals surface area contributed by atoms with Gasteiger partial charge >= 0.3 is 5.97 Å². The third-order valence-electron chi connectivity index (χ3n) is 2.72. The Morgan fingerprint density at radius 3 is 2.00 bits per heavy atom. The van der Waals surface area contributed by atoms with Gasteiger partial charge in [-0.15, -0.1) is 0 Å². The maximum atomic E-state index is 11.1. The minimum Gasteiger partial charge on any atom is -0.469 e. The summed E-state index contributed by atoms with van der Waals surface area (Å²) in [5.74, 6) is -0.462. The Balaban J connectivity index is 0.000000243. The average molecular weight is 371 g/mol. The third kappa shape index (κ3) is 6.40. The summed E-state index contributed by atoms with van der Waals surface area (Å²) in [5.41, 5.74) is 0.457. The minimum atomic E-state index is -0.462. The van der Waals surface area contributed by atoms with Crippen LogP contribution in [0.3, 0.4) is 0 Å². The molecule has 0 fully saturated rings. The zero-order valence-corrected chi connectivity index (χ0v) is 14.7. The highest BCUT2D eigenvalue weighted by Crippen LogP contribution is 1.90. The maximum absolute atomic E-state index is 11.1. The van der Waals surface area contributed by atoms with Crippen molar-refractivity contribution in [1.82, 2.24) is 25.3 Å². The summed E-state index contributed by atoms with van der Waals surface area (Å²) in [6.45, 7) is 0.543. The topological polar surface area (TPSA) is 136 Å². The van der Waals surface area contributed by atoms with Crippen molar-refractivity contribution >= 4 is 30.4 Å². The van der Waals surface area contributed by atoms with E-state index >= 15 is 0 Å². The van der Waals surface area contributed by atoms with E-state index in [-0.39, 0.29) is 22.3 Å². The number of carbonyl (C=O) groups excluding carboxylic acids is 1. The normalized spacial score (nSPS) is 9.75. The summed E-state index contributed by atoms with van der Waals surface area (Å²) in [4.78, 5) is 43.2. The van der Waals surface area contributed by atoms with Gasteiger partial charge < -0.3 is 20.0 Å². The largest absolute Gasteiger partial charge is 0.469 e. The SMILES string of the molecule is CNCc1c[nH]c(=S)[nH]c1=O.COC(=O)Cc1c[nH]c(=S)[nH]c1=O. The van der Waals surface area contributed by atoms with Gasteiger partial charge in [-0.25, -0.2) is 0 Å². The molecule has 0 aliphatic heterocycles. The van der Waals surface area contributed by atoms with E-state index in [4.69, 9.17) is 12.2 Å². The van der Waals surface area contributed by atoms with Gasteiger partial charge in [0.25, 0.3) is 11.1 Å². The first kappa shape index (κ1) is 19.7. The first-order chi connectivity index (χ1) is 11.4. The molecule has 2 heterocycles. The lowest BCUT2D eigenvalue weighted by Gasteiger charge is -1.97. The molecule has 0 saturated heterocycles. The van der Waals surface area contributed by atoms with Gasteiger partial charge in [-0.2, -0.15) is 0 Å². The molecule has 0 radical (unpaired) electrons. The number of nitrogens with one attached hydrogen (secondary N) is 5. The van der Waals surface area contributed by atoms with Gasteiger partial charge in [0.05, 0.1) is 13.5 Å². The fraction of sp³-hybridized carbons (Fsp3) is 0.308. The van der Waals surface area contributed by atoms with E-state index in [1.54, 1.807) is 13.2 Å². The lowest BCUT2D eigenvalue weighted by atomic mass is 10.2. The first-order valence-corrected chi connectivity index (χ1v) is 7.52. The fourth-order valence-corrected chi connectivity index (χ4v) is 1.86. The van der Waals surface area contributed by atoms with Crippen molar-refractivity contribution in [2.24, 2.45) is 0 Å². The van der Waals surface area contributed by atoms with Gasteiger partial charge in [0.2, 0.25) is 0 Å². The lowest BCUT2D eigenvalue weighted by molar-refractivity contribution is -0.139. The molecule has 130 valence electrons. The second kappa shape index (κ2) is 9.70. The number of hydrogen-bond donors (Lipinski definition) is 5. The molecule has 0 atom stereocenters. The zero-order valence-electron chi connectivity index (χ0n) is 13.0. The molecule has 2 aromatic heterocycles. The van der Waals surface area contributed by atoms with Crippen molar-refractivity contribution in [2.45, 2.75) is 13.0 Å². The summed E-state index contributed by atoms with van der Waals surface area (Å²) in [6.07, 6.45) is 2.95. The van der Waals surface area contributed by atoms with Crippen LogP contribution in [-0.4, -0.2) is 40.1 Å². The van der Waals surface area contributed by atoms with Crippen LogP contribution >= 0.6 is 24.4 Å². The van der Waals surface area contributed by atoms with Gasteiger partial charge in [-0.05, 0) is 31.5 Å². The van der Waals surface area contributed by atoms with Crippen LogP contribution in [0.25, 0.3) is 0 Å². The first-order valence-electron chi connectivity index (χ1n) is 6.70. The van der Waals surface area contributed by atoms with Crippen molar-refractivity contribution in [3.63, 3.8) is 0 Å². The Morgan fingerprint density at radius 2 is 1.58 bits per heavy atom. The van der Waals surface area contributed by atoms with E-state index in [0.717, 1.165) is 0 Å². The van der Waals surface area contributed by atoms with E-state index in [2.05, 4.69) is 42.2 Å². The molecule has 0 amide bonds. The van der Waals surface area contributed by atoms with E-state index in [1.165, 1.54) is 13.3 Å². The monoisotopic (exact) mass is 371 g/mol. The molecule has 0 aliphatic rings. The van der Waals surface area contributed by atoms with Crippen molar-refractivity contribution < 1.29 is 9.53 Å². The third-order valence-corrected chi connectivity index (χ3v) is 3.16. The van der Waals surface area contributed by atoms with Crippen molar-refractivity contribution in [3.8, 4) is 0 Å². The van der Waals surface area contributed by atoms with Crippen LogP contribution in [0.1, 0.15) is 11.1 Å². The smallest absolute Gasteiger partial charge is 0.310 e. The fourth-order valence-electron chi connectivity index (χ4n) is 1.56. The number of hydrogen-bond acceptors (Lipinski definition) is 7. The van der Waals surface area contributed by atoms with Gasteiger partial charge in [0.1, 0.15) is 0 Å². The number of ether oxygens (including phenoxy) is 1. The Bertz CT molecular complexity index is 912. The zero-order chi connectivity index (χ0) is 18.1. The molecule has 0 aliphatic carbocycles. The minimum absolute atomic E-state index is 0.0576. The second-order valence-electron chi connectivity index (χ2n) is 4.48. The molecule has 0 unspecified atom stereocenters. The van der Waals surface area contributed by atoms with E-state index in [9.17, 15) is 14.4 Å². The Hall–Kier alpha value is -2.37. The van der Waals surface area contributed by atoms with Gasteiger partial charge in [0.15, 0.2) is 9.54 Å². The summed E-state index contributed by atoms with van der Waals surface area (Å²) in [5, 5.41) is 2.87. The standard InChI is InChI=1S/C7H8N2O3S.C6H9N3OS/c1-12-5(10)2-4-3-8-7(13)9-6(4)11;1-7-2-4-3-8-6(11)9-5(4)10/h3H,2H2,1H3,(H2,8,9,11,13);3,7H,2H2,1H3,(H2,8,9,10,11). The highest BCUT2D eigenvalue weighted by Gasteiger charge is 2.05. The lowest BCUT2D eigenvalue weighted by Crippen LogP contribution is -2.18. The van der Waals surface area contributed by atoms with E-state index < -0.39 is 5.97 Å². The number of aromatic amines is 4. The molecular weight excluding hydrogens is 354 g/mol. The van der Waals surface area contributed by atoms with Crippen LogP contribution in [0.15, 0.2) is 22.0 Å². The molecule has 0 aromatic carbocycles. The molecule has 0 bridgehead atoms. The van der Waals surface area contributed by atoms with Crippen LogP contribution < -0.4 is 16.4 Å². The predicted octanol–water partition coefficient (Wildman–Crippen LogP) is 0.300. The van der Waals surface area contributed by atoms with Gasteiger partial charge in [-0.3, -0.25) is 24.4 Å². The molecule has 0 saturated carbocycles. The summed E-state index contributed by atoms with van der Waals surface area (Å²) < 4.78 is 5.00.